The summed E-state index contributed by atoms with van der Waals surface area (Å²) in [6.45, 7) is 1.11. The van der Waals surface area contributed by atoms with Gasteiger partial charge < -0.3 is 15.2 Å². The van der Waals surface area contributed by atoms with Crippen LogP contribution in [0.3, 0.4) is 0 Å². The van der Waals surface area contributed by atoms with E-state index in [2.05, 4.69) is 10.3 Å². The molecule has 1 aromatic heterocycles. The molecule has 1 aromatic rings. The normalized spacial score (nSPS) is 24.3. The number of thiazole rings is 1. The van der Waals surface area contributed by atoms with Crippen LogP contribution in [0.2, 0.25) is 0 Å². The monoisotopic (exact) mass is 310 g/mol. The van der Waals surface area contributed by atoms with Crippen LogP contribution >= 0.6 is 11.3 Å². The largest absolute Gasteiger partial charge is 0.391 e. The van der Waals surface area contributed by atoms with Crippen molar-refractivity contribution in [3.63, 3.8) is 0 Å². The molecule has 2 N–H and O–H groups in total. The number of rotatable bonds is 5. The van der Waals surface area contributed by atoms with Crippen molar-refractivity contribution in [1.82, 2.24) is 10.3 Å². The molecule has 116 valence electrons. The fourth-order valence-corrected chi connectivity index (χ4v) is 4.03. The second kappa shape index (κ2) is 6.85. The first-order valence-electron chi connectivity index (χ1n) is 7.77. The Kier molecular flexibility index (Phi) is 4.87. The van der Waals surface area contributed by atoms with E-state index in [0.29, 0.717) is 17.3 Å². The number of ether oxygens (including phenoxy) is 1. The van der Waals surface area contributed by atoms with Gasteiger partial charge in [-0.15, -0.1) is 11.3 Å². The summed E-state index contributed by atoms with van der Waals surface area (Å²) in [6, 6.07) is 0. The van der Waals surface area contributed by atoms with Gasteiger partial charge in [-0.05, 0) is 31.6 Å². The number of hydrogen-bond acceptors (Lipinski definition) is 5. The van der Waals surface area contributed by atoms with Crippen LogP contribution in [-0.2, 0) is 4.74 Å². The number of aliphatic hydroxyl groups excluding tert-OH is 1. The van der Waals surface area contributed by atoms with Crippen LogP contribution in [0.4, 0.5) is 0 Å². The Bertz CT molecular complexity index is 479. The Labute approximate surface area is 128 Å². The van der Waals surface area contributed by atoms with E-state index in [1.54, 1.807) is 6.20 Å². The smallest absolute Gasteiger partial charge is 0.263 e. The number of hydrogen-bond donors (Lipinski definition) is 2. The second-order valence-electron chi connectivity index (χ2n) is 5.89. The SMILES string of the molecule is O=C(NCC(O)C1CCCC1)c1cnc(C2CCCO2)s1. The van der Waals surface area contributed by atoms with Gasteiger partial charge in [-0.3, -0.25) is 4.79 Å². The van der Waals surface area contributed by atoms with Gasteiger partial charge in [0.25, 0.3) is 5.91 Å². The van der Waals surface area contributed by atoms with Crippen molar-refractivity contribution in [2.75, 3.05) is 13.2 Å². The molecule has 21 heavy (non-hydrogen) atoms. The number of nitrogens with zero attached hydrogens (tertiary/aromatic N) is 1. The third-order valence-corrected chi connectivity index (χ3v) is 5.46. The molecular formula is C15H22N2O3S. The molecule has 5 nitrogen and oxygen atoms in total. The molecule has 0 spiro atoms. The lowest BCUT2D eigenvalue weighted by molar-refractivity contribution is 0.0843. The fraction of sp³-hybridized carbons (Fsp3) is 0.733. The maximum Gasteiger partial charge on any atom is 0.263 e. The summed E-state index contributed by atoms with van der Waals surface area (Å²) in [5.41, 5.74) is 0. The number of carbonyl (C=O) groups is 1. The minimum Gasteiger partial charge on any atom is -0.391 e. The summed E-state index contributed by atoms with van der Waals surface area (Å²) in [4.78, 5) is 17.0. The number of nitrogens with one attached hydrogen (secondary N) is 1. The Hall–Kier alpha value is -0.980. The molecule has 2 unspecified atom stereocenters. The van der Waals surface area contributed by atoms with E-state index in [9.17, 15) is 9.90 Å². The minimum atomic E-state index is -0.429. The quantitative estimate of drug-likeness (QED) is 0.875. The summed E-state index contributed by atoms with van der Waals surface area (Å²) >= 11 is 1.39. The minimum absolute atomic E-state index is 0.0561. The van der Waals surface area contributed by atoms with Crippen LogP contribution in [0.5, 0.6) is 0 Å². The second-order valence-corrected chi connectivity index (χ2v) is 6.95. The lowest BCUT2D eigenvalue weighted by Crippen LogP contribution is -2.35. The molecule has 0 aromatic carbocycles. The van der Waals surface area contributed by atoms with Gasteiger partial charge >= 0.3 is 0 Å². The van der Waals surface area contributed by atoms with Crippen molar-refractivity contribution in [1.29, 1.82) is 0 Å². The first-order chi connectivity index (χ1) is 10.2. The van der Waals surface area contributed by atoms with Crippen molar-refractivity contribution < 1.29 is 14.6 Å². The molecule has 1 aliphatic heterocycles. The van der Waals surface area contributed by atoms with E-state index in [0.717, 1.165) is 37.3 Å². The zero-order valence-corrected chi connectivity index (χ0v) is 12.9. The van der Waals surface area contributed by atoms with Gasteiger partial charge in [0.15, 0.2) is 0 Å². The van der Waals surface area contributed by atoms with Crippen LogP contribution in [0, 0.1) is 5.92 Å². The van der Waals surface area contributed by atoms with Crippen molar-refractivity contribution in [2.45, 2.75) is 50.7 Å². The van der Waals surface area contributed by atoms with Gasteiger partial charge in [0.1, 0.15) is 16.0 Å². The maximum absolute atomic E-state index is 12.1. The number of aromatic nitrogens is 1. The van der Waals surface area contributed by atoms with Crippen LogP contribution in [-0.4, -0.2) is 35.3 Å². The molecule has 2 aliphatic rings. The predicted molar refractivity (Wildman–Crippen MR) is 80.3 cm³/mol. The summed E-state index contributed by atoms with van der Waals surface area (Å²) in [5.74, 6) is 0.197. The van der Waals surface area contributed by atoms with Crippen molar-refractivity contribution in [3.05, 3.63) is 16.1 Å². The highest BCUT2D eigenvalue weighted by Crippen LogP contribution is 2.31. The van der Waals surface area contributed by atoms with Gasteiger partial charge in [0, 0.05) is 13.2 Å². The molecule has 1 saturated heterocycles. The average molecular weight is 310 g/mol. The van der Waals surface area contributed by atoms with Crippen molar-refractivity contribution >= 4 is 17.2 Å². The van der Waals surface area contributed by atoms with E-state index in [1.807, 2.05) is 0 Å². The van der Waals surface area contributed by atoms with E-state index in [-0.39, 0.29) is 12.0 Å². The molecule has 1 amide bonds. The standard InChI is InChI=1S/C15H22N2O3S/c18-11(10-4-1-2-5-10)8-16-14(19)13-9-17-15(21-13)12-6-3-7-20-12/h9-12,18H,1-8H2,(H,16,19). The zero-order valence-electron chi connectivity index (χ0n) is 12.1. The summed E-state index contributed by atoms with van der Waals surface area (Å²) in [5, 5.41) is 13.8. The highest BCUT2D eigenvalue weighted by molar-refractivity contribution is 7.13. The maximum atomic E-state index is 12.1. The highest BCUT2D eigenvalue weighted by Gasteiger charge is 2.25. The zero-order chi connectivity index (χ0) is 14.7. The molecular weight excluding hydrogens is 288 g/mol. The Morgan fingerprint density at radius 2 is 2.24 bits per heavy atom. The lowest BCUT2D eigenvalue weighted by Gasteiger charge is -2.17. The number of amides is 1. The van der Waals surface area contributed by atoms with Crippen molar-refractivity contribution in [2.24, 2.45) is 5.92 Å². The van der Waals surface area contributed by atoms with E-state index >= 15 is 0 Å². The molecule has 0 bridgehead atoms. The van der Waals surface area contributed by atoms with Crippen LogP contribution in [0.25, 0.3) is 0 Å². The third-order valence-electron chi connectivity index (χ3n) is 4.37. The van der Waals surface area contributed by atoms with Crippen LogP contribution in [0.15, 0.2) is 6.20 Å². The highest BCUT2D eigenvalue weighted by atomic mass is 32.1. The Morgan fingerprint density at radius 1 is 1.43 bits per heavy atom. The molecule has 1 aliphatic carbocycles. The first-order valence-corrected chi connectivity index (χ1v) is 8.59. The fourth-order valence-electron chi connectivity index (χ4n) is 3.11. The van der Waals surface area contributed by atoms with E-state index in [1.165, 1.54) is 24.2 Å². The molecule has 2 fully saturated rings. The summed E-state index contributed by atoms with van der Waals surface area (Å²) in [7, 11) is 0. The molecule has 2 heterocycles. The first kappa shape index (κ1) is 14.9. The number of carbonyl (C=O) groups excluding carboxylic acids is 1. The Balaban J connectivity index is 1.50. The van der Waals surface area contributed by atoms with E-state index in [4.69, 9.17) is 4.74 Å². The van der Waals surface area contributed by atoms with E-state index < -0.39 is 6.10 Å². The van der Waals surface area contributed by atoms with Gasteiger partial charge in [0.05, 0.1) is 12.3 Å². The average Bonchev–Trinajstić information content (AvgIpc) is 3.25. The molecule has 6 heteroatoms. The molecule has 3 rings (SSSR count). The number of aliphatic hydroxyl groups is 1. The predicted octanol–water partition coefficient (Wildman–Crippen LogP) is 2.28. The molecule has 1 saturated carbocycles. The van der Waals surface area contributed by atoms with Gasteiger partial charge in [0.2, 0.25) is 0 Å². The topological polar surface area (TPSA) is 71.5 Å². The summed E-state index contributed by atoms with van der Waals surface area (Å²) < 4.78 is 5.57. The van der Waals surface area contributed by atoms with Crippen LogP contribution in [0.1, 0.15) is 59.3 Å². The Morgan fingerprint density at radius 3 is 2.95 bits per heavy atom. The lowest BCUT2D eigenvalue weighted by atomic mass is 10.0. The molecule has 2 atom stereocenters. The van der Waals surface area contributed by atoms with Crippen LogP contribution < -0.4 is 5.32 Å². The van der Waals surface area contributed by atoms with Gasteiger partial charge in [-0.1, -0.05) is 12.8 Å². The van der Waals surface area contributed by atoms with Gasteiger partial charge in [-0.25, -0.2) is 4.98 Å². The van der Waals surface area contributed by atoms with Crippen molar-refractivity contribution in [3.8, 4) is 0 Å². The third kappa shape index (κ3) is 3.62. The molecule has 0 radical (unpaired) electrons. The summed E-state index contributed by atoms with van der Waals surface area (Å²) in [6.07, 6.45) is 7.79. The van der Waals surface area contributed by atoms with Gasteiger partial charge in [-0.2, -0.15) is 0 Å².